The van der Waals surface area contributed by atoms with Crippen LogP contribution in [-0.4, -0.2) is 46.7 Å². The Morgan fingerprint density at radius 3 is 2.60 bits per heavy atom. The van der Waals surface area contributed by atoms with Gasteiger partial charge in [-0.3, -0.25) is 19.8 Å². The average molecular weight is 454 g/mol. The summed E-state index contributed by atoms with van der Waals surface area (Å²) in [5.74, 6) is -0.754. The molecule has 0 atom stereocenters. The number of hydrazine groups is 1. The van der Waals surface area contributed by atoms with Crippen LogP contribution in [-0.2, 0) is 19.1 Å². The van der Waals surface area contributed by atoms with Gasteiger partial charge in [-0.05, 0) is 55.9 Å². The van der Waals surface area contributed by atoms with Gasteiger partial charge in [0, 0.05) is 15.7 Å². The molecule has 1 aromatic rings. The molecule has 4 amide bonds. The molecule has 0 radical (unpaired) electrons. The topological polar surface area (TPSA) is 105 Å². The largest absolute Gasteiger partial charge is 0.455 e. The molecule has 3 rings (SSSR count). The van der Waals surface area contributed by atoms with E-state index in [2.05, 4.69) is 17.7 Å². The number of carbonyl (C=O) groups is 4. The van der Waals surface area contributed by atoms with Crippen LogP contribution in [0, 0.1) is 5.92 Å². The van der Waals surface area contributed by atoms with Gasteiger partial charge in [-0.1, -0.05) is 18.5 Å². The number of nitrogens with one attached hydrogen (secondary N) is 2. The second kappa shape index (κ2) is 9.70. The number of carbonyl (C=O) groups excluding carboxylic acids is 4. The van der Waals surface area contributed by atoms with Gasteiger partial charge in [0.2, 0.25) is 0 Å². The number of rotatable bonds is 7. The third-order valence-electron chi connectivity index (χ3n) is 5.28. The molecule has 1 aliphatic heterocycles. The Morgan fingerprint density at radius 2 is 1.93 bits per heavy atom. The molecule has 1 aliphatic carbocycles. The molecule has 1 spiro atoms. The Labute approximate surface area is 184 Å². The van der Waals surface area contributed by atoms with Crippen LogP contribution in [0.1, 0.15) is 39.0 Å². The van der Waals surface area contributed by atoms with Gasteiger partial charge >= 0.3 is 12.0 Å². The van der Waals surface area contributed by atoms with Gasteiger partial charge in [0.15, 0.2) is 6.61 Å². The number of amides is 4. The lowest BCUT2D eigenvalue weighted by Gasteiger charge is -2.33. The number of esters is 1. The first-order valence-electron chi connectivity index (χ1n) is 9.79. The van der Waals surface area contributed by atoms with Crippen LogP contribution >= 0.6 is 23.4 Å². The van der Waals surface area contributed by atoms with Crippen molar-refractivity contribution in [3.8, 4) is 0 Å². The fourth-order valence-electron chi connectivity index (χ4n) is 3.47. The molecule has 2 aliphatic rings. The Morgan fingerprint density at radius 1 is 1.27 bits per heavy atom. The Hall–Kier alpha value is -2.26. The molecule has 162 valence electrons. The van der Waals surface area contributed by atoms with Crippen LogP contribution in [0.2, 0.25) is 5.02 Å². The van der Waals surface area contributed by atoms with E-state index < -0.39 is 36.0 Å². The first kappa shape index (κ1) is 22.4. The molecule has 0 aromatic heterocycles. The minimum absolute atomic E-state index is 0.116. The van der Waals surface area contributed by atoms with Crippen LogP contribution in [0.15, 0.2) is 29.2 Å². The Balaban J connectivity index is 1.39. The third kappa shape index (κ3) is 5.46. The molecule has 1 aromatic carbocycles. The maximum atomic E-state index is 12.7. The van der Waals surface area contributed by atoms with E-state index in [0.717, 1.165) is 17.7 Å². The van der Waals surface area contributed by atoms with Gasteiger partial charge in [0.25, 0.3) is 11.8 Å². The summed E-state index contributed by atoms with van der Waals surface area (Å²) in [6.07, 6.45) is 2.88. The summed E-state index contributed by atoms with van der Waals surface area (Å²) < 4.78 is 4.94. The van der Waals surface area contributed by atoms with Crippen LogP contribution in [0.4, 0.5) is 4.79 Å². The van der Waals surface area contributed by atoms with E-state index in [0.29, 0.717) is 34.5 Å². The van der Waals surface area contributed by atoms with Crippen molar-refractivity contribution in [3.05, 3.63) is 29.3 Å². The van der Waals surface area contributed by atoms with Crippen molar-refractivity contribution in [1.29, 1.82) is 0 Å². The summed E-state index contributed by atoms with van der Waals surface area (Å²) in [5, 5.41) is 4.05. The second-order valence-electron chi connectivity index (χ2n) is 7.58. The maximum Gasteiger partial charge on any atom is 0.344 e. The van der Waals surface area contributed by atoms with Gasteiger partial charge in [0.1, 0.15) is 5.54 Å². The van der Waals surface area contributed by atoms with Crippen molar-refractivity contribution in [2.45, 2.75) is 49.5 Å². The van der Waals surface area contributed by atoms with E-state index in [9.17, 15) is 19.2 Å². The Kier molecular flexibility index (Phi) is 7.25. The van der Waals surface area contributed by atoms with E-state index >= 15 is 0 Å². The molecule has 30 heavy (non-hydrogen) atoms. The van der Waals surface area contributed by atoms with Gasteiger partial charge < -0.3 is 10.1 Å². The van der Waals surface area contributed by atoms with E-state index in [4.69, 9.17) is 16.3 Å². The van der Waals surface area contributed by atoms with Gasteiger partial charge in [-0.2, -0.15) is 5.01 Å². The van der Waals surface area contributed by atoms with E-state index in [-0.39, 0.29) is 6.42 Å². The van der Waals surface area contributed by atoms with Crippen LogP contribution in [0.3, 0.4) is 0 Å². The minimum atomic E-state index is -0.938. The number of halogens is 1. The predicted molar refractivity (Wildman–Crippen MR) is 112 cm³/mol. The lowest BCUT2D eigenvalue weighted by molar-refractivity contribution is -0.150. The highest BCUT2D eigenvalue weighted by molar-refractivity contribution is 7.99. The monoisotopic (exact) mass is 453 g/mol. The van der Waals surface area contributed by atoms with E-state index in [1.165, 1.54) is 11.8 Å². The molecular formula is C20H24ClN3O5S. The minimum Gasteiger partial charge on any atom is -0.455 e. The molecule has 1 heterocycles. The number of hydrogen-bond acceptors (Lipinski definition) is 6. The van der Waals surface area contributed by atoms with Crippen molar-refractivity contribution in [2.75, 3.05) is 12.4 Å². The van der Waals surface area contributed by atoms with Crippen molar-refractivity contribution in [1.82, 2.24) is 15.8 Å². The number of urea groups is 1. The fraction of sp³-hybridized carbons (Fsp3) is 0.500. The third-order valence-corrected chi connectivity index (χ3v) is 6.54. The Bertz CT molecular complexity index is 824. The molecular weight excluding hydrogens is 430 g/mol. The fourth-order valence-corrected chi connectivity index (χ4v) is 4.43. The highest BCUT2D eigenvalue weighted by Crippen LogP contribution is 2.35. The average Bonchev–Trinajstić information content (AvgIpc) is 2.94. The number of benzene rings is 1. The van der Waals surface area contributed by atoms with Crippen molar-refractivity contribution in [3.63, 3.8) is 0 Å². The quantitative estimate of drug-likeness (QED) is 0.373. The zero-order chi connectivity index (χ0) is 21.7. The normalized spacial score (nSPS) is 23.4. The summed E-state index contributed by atoms with van der Waals surface area (Å²) in [5.41, 5.74) is 1.30. The molecule has 8 nitrogen and oxygen atoms in total. The first-order chi connectivity index (χ1) is 14.3. The van der Waals surface area contributed by atoms with Crippen LogP contribution in [0.5, 0.6) is 0 Å². The summed E-state index contributed by atoms with van der Waals surface area (Å²) in [7, 11) is 0. The summed E-state index contributed by atoms with van der Waals surface area (Å²) in [6, 6.07) is 6.57. The SMILES string of the molecule is CC1CCC2(CC1)NC(=O)N(NC(=O)COC(=O)CCSc1ccc(Cl)cc1)C2=O. The van der Waals surface area contributed by atoms with Crippen molar-refractivity contribution < 1.29 is 23.9 Å². The smallest absolute Gasteiger partial charge is 0.344 e. The van der Waals surface area contributed by atoms with Crippen molar-refractivity contribution >= 4 is 47.2 Å². The number of nitrogens with zero attached hydrogens (tertiary/aromatic N) is 1. The maximum absolute atomic E-state index is 12.7. The zero-order valence-electron chi connectivity index (χ0n) is 16.6. The number of thioether (sulfide) groups is 1. The molecule has 0 bridgehead atoms. The lowest BCUT2D eigenvalue weighted by Crippen LogP contribution is -2.52. The first-order valence-corrected chi connectivity index (χ1v) is 11.2. The van der Waals surface area contributed by atoms with Gasteiger partial charge in [-0.25, -0.2) is 4.79 Å². The molecule has 1 saturated heterocycles. The number of hydrogen-bond donors (Lipinski definition) is 2. The summed E-state index contributed by atoms with van der Waals surface area (Å²) in [4.78, 5) is 49.7. The molecule has 10 heteroatoms. The summed E-state index contributed by atoms with van der Waals surface area (Å²) >= 11 is 7.29. The predicted octanol–water partition coefficient (Wildman–Crippen LogP) is 2.90. The standard InChI is InChI=1S/C20H24ClN3O5S/c1-13-6-9-20(10-7-13)18(27)24(19(28)22-20)23-16(25)12-29-17(26)8-11-30-15-4-2-14(21)3-5-15/h2-5,13H,6-12H2,1H3,(H,22,28)(H,23,25). The molecule has 0 unspecified atom stereocenters. The molecule has 1 saturated carbocycles. The highest BCUT2D eigenvalue weighted by Gasteiger charge is 2.52. The van der Waals surface area contributed by atoms with Crippen molar-refractivity contribution in [2.24, 2.45) is 5.92 Å². The van der Waals surface area contributed by atoms with E-state index in [1.807, 2.05) is 12.1 Å². The number of imide groups is 1. The van der Waals surface area contributed by atoms with Crippen LogP contribution in [0.25, 0.3) is 0 Å². The lowest BCUT2D eigenvalue weighted by atomic mass is 9.77. The van der Waals surface area contributed by atoms with Gasteiger partial charge in [-0.15, -0.1) is 11.8 Å². The zero-order valence-corrected chi connectivity index (χ0v) is 18.2. The summed E-state index contributed by atoms with van der Waals surface area (Å²) in [6.45, 7) is 1.54. The van der Waals surface area contributed by atoms with Gasteiger partial charge in [0.05, 0.1) is 6.42 Å². The molecule has 2 N–H and O–H groups in total. The van der Waals surface area contributed by atoms with E-state index in [1.54, 1.807) is 12.1 Å². The molecule has 2 fully saturated rings. The highest BCUT2D eigenvalue weighted by atomic mass is 35.5. The number of ether oxygens (including phenoxy) is 1. The second-order valence-corrected chi connectivity index (χ2v) is 9.19. The van der Waals surface area contributed by atoms with Crippen LogP contribution < -0.4 is 10.7 Å².